The number of urea groups is 1. The van der Waals surface area contributed by atoms with E-state index in [1.165, 1.54) is 5.69 Å². The summed E-state index contributed by atoms with van der Waals surface area (Å²) in [5, 5.41) is 5.90. The summed E-state index contributed by atoms with van der Waals surface area (Å²) in [6.45, 7) is 10.2. The highest BCUT2D eigenvalue weighted by Crippen LogP contribution is 2.33. The van der Waals surface area contributed by atoms with Crippen molar-refractivity contribution in [1.82, 2.24) is 19.9 Å². The van der Waals surface area contributed by atoms with E-state index in [-0.39, 0.29) is 18.2 Å². The Kier molecular flexibility index (Phi) is 7.98. The first-order valence-electron chi connectivity index (χ1n) is 16.0. The predicted molar refractivity (Wildman–Crippen MR) is 175 cm³/mol. The van der Waals surface area contributed by atoms with Gasteiger partial charge in [-0.25, -0.2) is 4.79 Å². The van der Waals surface area contributed by atoms with Gasteiger partial charge in [-0.05, 0) is 95.1 Å². The fraction of sp³-hybridized carbons (Fsp3) is 0.515. The maximum absolute atomic E-state index is 12.8. The van der Waals surface area contributed by atoms with Crippen LogP contribution in [0.4, 0.5) is 33.8 Å². The van der Waals surface area contributed by atoms with Crippen molar-refractivity contribution in [2.75, 3.05) is 71.6 Å². The Labute approximate surface area is 259 Å². The van der Waals surface area contributed by atoms with E-state index in [1.807, 2.05) is 36.4 Å². The van der Waals surface area contributed by atoms with Gasteiger partial charge in [-0.1, -0.05) is 0 Å². The maximum atomic E-state index is 12.8. The number of fused-ring (bicyclic) bond motifs is 2. The molecule has 0 aliphatic carbocycles. The van der Waals surface area contributed by atoms with Gasteiger partial charge in [0.05, 0.1) is 12.2 Å². The Bertz CT molecular complexity index is 1440. The van der Waals surface area contributed by atoms with Crippen LogP contribution in [0.15, 0.2) is 48.5 Å². The van der Waals surface area contributed by atoms with Crippen molar-refractivity contribution >= 4 is 35.0 Å². The van der Waals surface area contributed by atoms with E-state index in [2.05, 4.69) is 63.3 Å². The molecule has 11 heteroatoms. The summed E-state index contributed by atoms with van der Waals surface area (Å²) in [6, 6.07) is 16.2. The molecule has 44 heavy (non-hydrogen) atoms. The monoisotopic (exact) mass is 597 g/mol. The standard InChI is InChI=1S/C33H43N9O2/c1-22-4-5-23(2)42(22)32-37-30(36-31(38-32)41-20-28-14-15-29(21-41)44-28)24-6-8-25(9-7-24)34-33(43)35-26-10-12-27(13-11-26)40-18-16-39(3)17-19-40/h6-13,22-23,28-29H,4-5,14-21H2,1-3H3,(H2,34,35,43). The molecule has 7 rings (SSSR count). The first-order valence-corrected chi connectivity index (χ1v) is 16.0. The summed E-state index contributed by atoms with van der Waals surface area (Å²) in [4.78, 5) is 37.0. The number of carbonyl (C=O) groups is 1. The van der Waals surface area contributed by atoms with Crippen LogP contribution >= 0.6 is 0 Å². The minimum Gasteiger partial charge on any atom is -0.371 e. The van der Waals surface area contributed by atoms with Gasteiger partial charge >= 0.3 is 6.03 Å². The van der Waals surface area contributed by atoms with E-state index in [4.69, 9.17) is 19.7 Å². The quantitative estimate of drug-likeness (QED) is 0.419. The van der Waals surface area contributed by atoms with Crippen LogP contribution in [0, 0.1) is 0 Å². The fourth-order valence-electron chi connectivity index (χ4n) is 6.92. The third-order valence-corrected chi connectivity index (χ3v) is 9.52. The predicted octanol–water partition coefficient (Wildman–Crippen LogP) is 4.68. The zero-order valence-electron chi connectivity index (χ0n) is 25.9. The van der Waals surface area contributed by atoms with Crippen LogP contribution in [0.1, 0.15) is 39.5 Å². The van der Waals surface area contributed by atoms with Crippen molar-refractivity contribution in [3.8, 4) is 11.4 Å². The number of carbonyl (C=O) groups excluding carboxylic acids is 1. The molecular weight excluding hydrogens is 554 g/mol. The smallest absolute Gasteiger partial charge is 0.323 e. The summed E-state index contributed by atoms with van der Waals surface area (Å²) in [5.74, 6) is 2.10. The van der Waals surface area contributed by atoms with E-state index in [0.717, 1.165) is 88.1 Å². The van der Waals surface area contributed by atoms with E-state index in [9.17, 15) is 4.79 Å². The first-order chi connectivity index (χ1) is 21.4. The number of benzene rings is 2. The van der Waals surface area contributed by atoms with Crippen molar-refractivity contribution < 1.29 is 9.53 Å². The highest BCUT2D eigenvalue weighted by atomic mass is 16.5. The highest BCUT2D eigenvalue weighted by Gasteiger charge is 2.36. The first kappa shape index (κ1) is 28.8. The summed E-state index contributed by atoms with van der Waals surface area (Å²) in [6.07, 6.45) is 4.93. The molecule has 232 valence electrons. The third-order valence-electron chi connectivity index (χ3n) is 9.52. The highest BCUT2D eigenvalue weighted by molar-refractivity contribution is 5.99. The number of likely N-dealkylation sites (N-methyl/N-ethyl adjacent to an activating group) is 1. The van der Waals surface area contributed by atoms with Gasteiger partial charge in [0.1, 0.15) is 0 Å². The zero-order valence-corrected chi connectivity index (χ0v) is 25.9. The number of piperazine rings is 1. The van der Waals surface area contributed by atoms with Gasteiger partial charge in [-0.15, -0.1) is 0 Å². The number of hydrogen-bond donors (Lipinski definition) is 2. The molecule has 2 bridgehead atoms. The van der Waals surface area contributed by atoms with Crippen molar-refractivity contribution in [2.24, 2.45) is 0 Å². The molecular formula is C33H43N9O2. The zero-order chi connectivity index (χ0) is 30.2. The Morgan fingerprint density at radius 3 is 1.91 bits per heavy atom. The largest absolute Gasteiger partial charge is 0.371 e. The van der Waals surface area contributed by atoms with Crippen LogP contribution in [-0.4, -0.2) is 96.5 Å². The topological polar surface area (TPSA) is 102 Å². The number of aromatic nitrogens is 3. The molecule has 2 amide bonds. The molecule has 0 radical (unpaired) electrons. The van der Waals surface area contributed by atoms with Crippen molar-refractivity contribution in [1.29, 1.82) is 0 Å². The molecule has 4 atom stereocenters. The molecule has 11 nitrogen and oxygen atoms in total. The second-order valence-corrected chi connectivity index (χ2v) is 12.8. The van der Waals surface area contributed by atoms with Gasteiger partial charge in [0.15, 0.2) is 5.82 Å². The average Bonchev–Trinajstić information content (AvgIpc) is 3.56. The number of amides is 2. The molecule has 0 spiro atoms. The van der Waals surface area contributed by atoms with Gasteiger partial charge in [-0.3, -0.25) is 0 Å². The Morgan fingerprint density at radius 1 is 0.727 bits per heavy atom. The lowest BCUT2D eigenvalue weighted by Crippen LogP contribution is -2.44. The average molecular weight is 598 g/mol. The molecule has 4 aliphatic rings. The Morgan fingerprint density at radius 2 is 1.30 bits per heavy atom. The normalized spacial score (nSPS) is 25.4. The van der Waals surface area contributed by atoms with E-state index < -0.39 is 0 Å². The Balaban J connectivity index is 1.05. The van der Waals surface area contributed by atoms with Crippen LogP contribution in [0.2, 0.25) is 0 Å². The molecule has 2 N–H and O–H groups in total. The lowest BCUT2D eigenvalue weighted by atomic mass is 10.2. The van der Waals surface area contributed by atoms with Gasteiger partial charge in [0.25, 0.3) is 0 Å². The number of hydrogen-bond acceptors (Lipinski definition) is 9. The second-order valence-electron chi connectivity index (χ2n) is 12.8. The molecule has 0 saturated carbocycles. The van der Waals surface area contributed by atoms with Gasteiger partial charge in [-0.2, -0.15) is 15.0 Å². The van der Waals surface area contributed by atoms with Gasteiger partial charge in [0, 0.05) is 74.0 Å². The number of rotatable bonds is 6. The van der Waals surface area contributed by atoms with Crippen LogP contribution < -0.4 is 25.3 Å². The lowest BCUT2D eigenvalue weighted by Gasteiger charge is -2.34. The minimum atomic E-state index is -0.284. The number of nitrogens with one attached hydrogen (secondary N) is 2. The van der Waals surface area contributed by atoms with Crippen molar-refractivity contribution in [3.63, 3.8) is 0 Å². The molecule has 5 heterocycles. The summed E-state index contributed by atoms with van der Waals surface area (Å²) >= 11 is 0. The number of morpholine rings is 1. The van der Waals surface area contributed by atoms with Gasteiger partial charge in [0.2, 0.25) is 11.9 Å². The third kappa shape index (κ3) is 6.16. The molecule has 3 aromatic rings. The SMILES string of the molecule is CC1CCC(C)N1c1nc(-c2ccc(NC(=O)Nc3ccc(N4CCN(C)CC4)cc3)cc2)nc(N2CC3CCC(C2)O3)n1. The molecule has 4 fully saturated rings. The van der Waals surface area contributed by atoms with Crippen LogP contribution in [0.3, 0.4) is 0 Å². The number of nitrogens with zero attached hydrogens (tertiary/aromatic N) is 7. The fourth-order valence-corrected chi connectivity index (χ4v) is 6.92. The Hall–Kier alpha value is -3.96. The second kappa shape index (κ2) is 12.2. The van der Waals surface area contributed by atoms with E-state index in [1.54, 1.807) is 0 Å². The molecule has 1 aromatic heterocycles. The van der Waals surface area contributed by atoms with Crippen LogP contribution in [0.25, 0.3) is 11.4 Å². The summed E-state index contributed by atoms with van der Waals surface area (Å²) in [5.41, 5.74) is 3.51. The van der Waals surface area contributed by atoms with E-state index >= 15 is 0 Å². The summed E-state index contributed by atoms with van der Waals surface area (Å²) in [7, 11) is 2.15. The molecule has 4 saturated heterocycles. The summed E-state index contributed by atoms with van der Waals surface area (Å²) < 4.78 is 6.08. The van der Waals surface area contributed by atoms with Crippen LogP contribution in [0.5, 0.6) is 0 Å². The van der Waals surface area contributed by atoms with Crippen molar-refractivity contribution in [3.05, 3.63) is 48.5 Å². The minimum absolute atomic E-state index is 0.244. The lowest BCUT2D eigenvalue weighted by molar-refractivity contribution is 0.0299. The maximum Gasteiger partial charge on any atom is 0.323 e. The molecule has 2 aromatic carbocycles. The van der Waals surface area contributed by atoms with Crippen molar-refractivity contribution in [2.45, 2.75) is 63.8 Å². The van der Waals surface area contributed by atoms with Crippen LogP contribution in [-0.2, 0) is 4.74 Å². The number of ether oxygens (including phenoxy) is 1. The number of anilines is 5. The molecule has 4 aliphatic heterocycles. The van der Waals surface area contributed by atoms with E-state index in [0.29, 0.717) is 23.6 Å². The van der Waals surface area contributed by atoms with Gasteiger partial charge < -0.3 is 35.0 Å². The molecule has 4 unspecified atom stereocenters.